The molecule has 0 amide bonds. The second kappa shape index (κ2) is 8.10. The molecule has 0 N–H and O–H groups in total. The van der Waals surface area contributed by atoms with Crippen LogP contribution in [0.25, 0.3) is 0 Å². The van der Waals surface area contributed by atoms with Crippen LogP contribution in [0.3, 0.4) is 0 Å². The third-order valence-electron chi connectivity index (χ3n) is 6.78. The van der Waals surface area contributed by atoms with Gasteiger partial charge >= 0.3 is 0 Å². The lowest BCUT2D eigenvalue weighted by atomic mass is 9.96. The molecule has 30 heavy (non-hydrogen) atoms. The molecule has 4 heteroatoms. The molecule has 4 nitrogen and oxygen atoms in total. The van der Waals surface area contributed by atoms with Gasteiger partial charge in [-0.05, 0) is 47.6 Å². The van der Waals surface area contributed by atoms with E-state index in [1.165, 1.54) is 39.5 Å². The highest BCUT2D eigenvalue weighted by atomic mass is 15.1. The highest BCUT2D eigenvalue weighted by molar-refractivity contribution is 5.41. The van der Waals surface area contributed by atoms with Crippen LogP contribution in [-0.4, -0.2) is 9.13 Å². The largest absolute Gasteiger partial charge is 0.253 e. The number of aromatic nitrogens is 4. The Bertz CT molecular complexity index is 1070. The quantitative estimate of drug-likeness (QED) is 0.560. The van der Waals surface area contributed by atoms with E-state index >= 15 is 0 Å². The highest BCUT2D eigenvalue weighted by Crippen LogP contribution is 2.27. The van der Waals surface area contributed by atoms with Crippen LogP contribution in [0.4, 0.5) is 0 Å². The van der Waals surface area contributed by atoms with Crippen molar-refractivity contribution in [3.05, 3.63) is 94.6 Å². The maximum atomic E-state index is 2.39. The van der Waals surface area contributed by atoms with Gasteiger partial charge in [-0.15, -0.1) is 0 Å². The smallest absolute Gasteiger partial charge is 0.237 e. The molecule has 4 rings (SSSR count). The molecule has 0 saturated heterocycles. The van der Waals surface area contributed by atoms with E-state index in [0.717, 1.165) is 19.5 Å². The van der Waals surface area contributed by atoms with Gasteiger partial charge in [-0.25, -0.2) is 18.3 Å². The fraction of sp³-hybridized carbons (Fsp3) is 0.385. The third-order valence-corrected chi connectivity index (χ3v) is 6.78. The van der Waals surface area contributed by atoms with E-state index in [0.29, 0.717) is 5.92 Å². The van der Waals surface area contributed by atoms with E-state index in [1.54, 1.807) is 0 Å². The van der Waals surface area contributed by atoms with E-state index in [9.17, 15) is 0 Å². The summed E-state index contributed by atoms with van der Waals surface area (Å²) < 4.78 is 9.00. The van der Waals surface area contributed by atoms with Crippen LogP contribution in [0, 0.1) is 19.8 Å². The zero-order chi connectivity index (χ0) is 21.4. The van der Waals surface area contributed by atoms with Crippen molar-refractivity contribution < 1.29 is 9.13 Å². The monoisotopic (exact) mass is 402 g/mol. The molecule has 1 aromatic carbocycles. The first-order valence-electron chi connectivity index (χ1n) is 10.8. The van der Waals surface area contributed by atoms with Crippen LogP contribution in [0.1, 0.15) is 42.2 Å². The minimum absolute atomic E-state index is 0.563. The van der Waals surface area contributed by atoms with Gasteiger partial charge in [-0.3, -0.25) is 0 Å². The molecule has 3 aromatic rings. The zero-order valence-electron chi connectivity index (χ0n) is 19.2. The summed E-state index contributed by atoms with van der Waals surface area (Å²) in [7, 11) is 4.21. The molecule has 1 atom stereocenters. The number of hydrogen-bond acceptors (Lipinski definition) is 0. The lowest BCUT2D eigenvalue weighted by Crippen LogP contribution is -2.37. The van der Waals surface area contributed by atoms with Crippen LogP contribution in [0.2, 0.25) is 0 Å². The van der Waals surface area contributed by atoms with E-state index in [-0.39, 0.29) is 0 Å². The van der Waals surface area contributed by atoms with Crippen molar-refractivity contribution in [2.24, 2.45) is 20.0 Å². The van der Waals surface area contributed by atoms with Gasteiger partial charge in [-0.2, -0.15) is 0 Å². The normalized spacial score (nSPS) is 16.1. The number of nitrogens with zero attached hydrogens (tertiary/aromatic N) is 4. The van der Waals surface area contributed by atoms with Crippen molar-refractivity contribution in [2.75, 3.05) is 0 Å². The Labute approximate surface area is 180 Å². The van der Waals surface area contributed by atoms with E-state index < -0.39 is 0 Å². The number of benzene rings is 1. The second-order valence-corrected chi connectivity index (χ2v) is 8.86. The van der Waals surface area contributed by atoms with Crippen molar-refractivity contribution >= 4 is 0 Å². The Kier molecular flexibility index (Phi) is 5.50. The van der Waals surface area contributed by atoms with Gasteiger partial charge in [0.2, 0.25) is 0 Å². The lowest BCUT2D eigenvalue weighted by Gasteiger charge is -2.11. The topological polar surface area (TPSA) is 17.6 Å². The number of imidazole rings is 2. The molecule has 0 bridgehead atoms. The molecule has 1 aliphatic rings. The highest BCUT2D eigenvalue weighted by Gasteiger charge is 2.16. The third kappa shape index (κ3) is 4.04. The number of aryl methyl sites for hydroxylation is 2. The van der Waals surface area contributed by atoms with Gasteiger partial charge < -0.3 is 0 Å². The van der Waals surface area contributed by atoms with Gasteiger partial charge in [0.05, 0.1) is 14.1 Å². The Hall–Kier alpha value is -2.88. The van der Waals surface area contributed by atoms with Gasteiger partial charge in [0, 0.05) is 13.8 Å². The lowest BCUT2D eigenvalue weighted by molar-refractivity contribution is -0.694. The average molecular weight is 403 g/mol. The maximum Gasteiger partial charge on any atom is 0.253 e. The van der Waals surface area contributed by atoms with Gasteiger partial charge in [0.15, 0.2) is 0 Å². The Balaban J connectivity index is 1.68. The van der Waals surface area contributed by atoms with Crippen LogP contribution in [-0.2, 0) is 33.6 Å². The Morgan fingerprint density at radius 3 is 1.70 bits per heavy atom. The Morgan fingerprint density at radius 2 is 1.30 bits per heavy atom. The summed E-state index contributed by atoms with van der Waals surface area (Å²) in [4.78, 5) is 0. The summed E-state index contributed by atoms with van der Waals surface area (Å²) in [6.07, 6.45) is 14.2. The summed E-state index contributed by atoms with van der Waals surface area (Å²) in [6, 6.07) is 7.15. The fourth-order valence-electron chi connectivity index (χ4n) is 4.30. The molecule has 156 valence electrons. The van der Waals surface area contributed by atoms with E-state index in [2.05, 4.69) is 115 Å². The molecule has 0 aliphatic heterocycles. The summed E-state index contributed by atoms with van der Waals surface area (Å²) in [6.45, 7) is 10.7. The van der Waals surface area contributed by atoms with Crippen LogP contribution >= 0.6 is 0 Å². The predicted molar refractivity (Wildman–Crippen MR) is 120 cm³/mol. The Morgan fingerprint density at radius 1 is 0.800 bits per heavy atom. The standard InChI is InChI=1S/C26H34N4/c1-19-7-8-26(20(19)2)16-23-13-24(17-29-11-9-27(5)21(29)3)15-25(14-23)18-30-12-10-28(6)22(30)4/h7-15,19H,16-18H2,1-6H3/q+2. The first-order chi connectivity index (χ1) is 14.3. The van der Waals surface area contributed by atoms with Crippen molar-refractivity contribution in [1.82, 2.24) is 9.13 Å². The van der Waals surface area contributed by atoms with Gasteiger partial charge in [-0.1, -0.05) is 36.8 Å². The zero-order valence-corrected chi connectivity index (χ0v) is 19.2. The molecule has 2 heterocycles. The van der Waals surface area contributed by atoms with Crippen LogP contribution in [0.5, 0.6) is 0 Å². The van der Waals surface area contributed by atoms with Crippen LogP contribution in [0.15, 0.2) is 66.3 Å². The minimum Gasteiger partial charge on any atom is -0.237 e. The SMILES string of the molecule is CC1=C(Cc2cc(C[n+]3ccn(C)c3C)cc(C[n+]3ccn(C)c3C)c2)C=CC1C. The van der Waals surface area contributed by atoms with Crippen LogP contribution < -0.4 is 9.13 Å². The molecule has 1 aliphatic carbocycles. The fourth-order valence-corrected chi connectivity index (χ4v) is 4.30. The summed E-state index contributed by atoms with van der Waals surface area (Å²) in [5.74, 6) is 3.09. The summed E-state index contributed by atoms with van der Waals surface area (Å²) in [5, 5.41) is 0. The van der Waals surface area contributed by atoms with Gasteiger partial charge in [0.25, 0.3) is 11.6 Å². The van der Waals surface area contributed by atoms with Crippen molar-refractivity contribution in [2.45, 2.75) is 47.2 Å². The number of rotatable bonds is 6. The van der Waals surface area contributed by atoms with Gasteiger partial charge in [0.1, 0.15) is 37.9 Å². The number of allylic oxidation sites excluding steroid dienone is 4. The van der Waals surface area contributed by atoms with Crippen molar-refractivity contribution in [3.8, 4) is 0 Å². The molecule has 1 unspecified atom stereocenters. The minimum atomic E-state index is 0.563. The molecular formula is C26H34N4+2. The first kappa shape index (κ1) is 20.4. The summed E-state index contributed by atoms with van der Waals surface area (Å²) in [5.41, 5.74) is 7.11. The number of hydrogen-bond donors (Lipinski definition) is 0. The van der Waals surface area contributed by atoms with E-state index in [4.69, 9.17) is 0 Å². The van der Waals surface area contributed by atoms with E-state index in [1.807, 2.05) is 0 Å². The summed E-state index contributed by atoms with van der Waals surface area (Å²) >= 11 is 0. The van der Waals surface area contributed by atoms with Crippen molar-refractivity contribution in [1.29, 1.82) is 0 Å². The molecular weight excluding hydrogens is 368 g/mol. The maximum absolute atomic E-state index is 2.39. The molecule has 2 aromatic heterocycles. The predicted octanol–water partition coefficient (Wildman–Crippen LogP) is 3.72. The molecule has 0 saturated carbocycles. The van der Waals surface area contributed by atoms with Crippen molar-refractivity contribution in [3.63, 3.8) is 0 Å². The molecule has 0 radical (unpaired) electrons. The average Bonchev–Trinajstić information content (AvgIpc) is 3.32. The first-order valence-corrected chi connectivity index (χ1v) is 10.8. The molecule has 0 spiro atoms. The molecule has 0 fully saturated rings. The second-order valence-electron chi connectivity index (χ2n) is 8.86.